The summed E-state index contributed by atoms with van der Waals surface area (Å²) in [5.74, 6) is 2.73. The summed E-state index contributed by atoms with van der Waals surface area (Å²) in [6.45, 7) is 8.74. The molecule has 0 amide bonds. The zero-order valence-electron chi connectivity index (χ0n) is 12.6. The molecule has 3 unspecified atom stereocenters. The van der Waals surface area contributed by atoms with Crippen molar-refractivity contribution in [3.05, 3.63) is 0 Å². The number of likely N-dealkylation sites (tertiary alicyclic amines) is 1. The highest BCUT2D eigenvalue weighted by atomic mass is 15.2. The van der Waals surface area contributed by atoms with E-state index in [0.717, 1.165) is 23.8 Å². The fraction of sp³-hybridized carbons (Fsp3) is 1.00. The van der Waals surface area contributed by atoms with Gasteiger partial charge in [-0.2, -0.15) is 0 Å². The summed E-state index contributed by atoms with van der Waals surface area (Å²) in [7, 11) is 2.16. The summed E-state index contributed by atoms with van der Waals surface area (Å²) in [6, 6.07) is 0.728. The smallest absolute Gasteiger partial charge is 0.0220 e. The highest BCUT2D eigenvalue weighted by molar-refractivity contribution is 4.84. The first-order valence-corrected chi connectivity index (χ1v) is 8.10. The molecule has 0 spiro atoms. The van der Waals surface area contributed by atoms with Crippen molar-refractivity contribution < 1.29 is 0 Å². The van der Waals surface area contributed by atoms with Crippen molar-refractivity contribution >= 4 is 0 Å². The van der Waals surface area contributed by atoms with Crippen LogP contribution in [-0.4, -0.2) is 37.6 Å². The molecule has 0 aromatic heterocycles. The maximum absolute atomic E-state index is 3.60. The molecule has 2 fully saturated rings. The quantitative estimate of drug-likeness (QED) is 0.827. The Morgan fingerprint density at radius 3 is 2.39 bits per heavy atom. The summed E-state index contributed by atoms with van der Waals surface area (Å²) < 4.78 is 0. The maximum atomic E-state index is 3.60. The lowest BCUT2D eigenvalue weighted by Gasteiger charge is -2.39. The predicted molar refractivity (Wildman–Crippen MR) is 78.8 cm³/mol. The summed E-state index contributed by atoms with van der Waals surface area (Å²) >= 11 is 0. The van der Waals surface area contributed by atoms with Crippen LogP contribution in [0.15, 0.2) is 0 Å². The lowest BCUT2D eigenvalue weighted by Crippen LogP contribution is -2.48. The summed E-state index contributed by atoms with van der Waals surface area (Å²) in [6.07, 6.45) is 8.66. The Morgan fingerprint density at radius 2 is 1.78 bits per heavy atom. The van der Waals surface area contributed by atoms with Crippen LogP contribution in [0, 0.1) is 17.8 Å². The van der Waals surface area contributed by atoms with Gasteiger partial charge in [0.05, 0.1) is 0 Å². The molecule has 2 heteroatoms. The van der Waals surface area contributed by atoms with Crippen molar-refractivity contribution in [3.8, 4) is 0 Å². The molecule has 1 N–H and O–H groups in total. The molecule has 2 aliphatic rings. The third-order valence-corrected chi connectivity index (χ3v) is 5.46. The number of hydrogen-bond acceptors (Lipinski definition) is 2. The maximum Gasteiger partial charge on any atom is 0.0220 e. The van der Waals surface area contributed by atoms with Gasteiger partial charge in [-0.1, -0.05) is 33.1 Å². The predicted octanol–water partition coefficient (Wildman–Crippen LogP) is 3.13. The molecule has 18 heavy (non-hydrogen) atoms. The molecular weight excluding hydrogens is 220 g/mol. The topological polar surface area (TPSA) is 15.3 Å². The molecule has 2 nitrogen and oxygen atoms in total. The number of piperidine rings is 1. The monoisotopic (exact) mass is 252 g/mol. The number of rotatable bonds is 4. The van der Waals surface area contributed by atoms with Crippen LogP contribution in [0.4, 0.5) is 0 Å². The van der Waals surface area contributed by atoms with E-state index in [-0.39, 0.29) is 0 Å². The Kier molecular flexibility index (Phi) is 5.50. The summed E-state index contributed by atoms with van der Waals surface area (Å²) in [5, 5.41) is 3.60. The highest BCUT2D eigenvalue weighted by Crippen LogP contribution is 2.28. The van der Waals surface area contributed by atoms with E-state index in [9.17, 15) is 0 Å². The van der Waals surface area contributed by atoms with Gasteiger partial charge in [0.25, 0.3) is 0 Å². The van der Waals surface area contributed by atoms with E-state index in [1.165, 1.54) is 58.2 Å². The molecule has 1 aliphatic heterocycles. The average Bonchev–Trinajstić information content (AvgIpc) is 2.41. The zero-order chi connectivity index (χ0) is 13.0. The molecule has 1 saturated heterocycles. The van der Waals surface area contributed by atoms with E-state index in [0.29, 0.717) is 0 Å². The van der Waals surface area contributed by atoms with Gasteiger partial charge < -0.3 is 10.2 Å². The van der Waals surface area contributed by atoms with Crippen LogP contribution in [0.1, 0.15) is 52.4 Å². The van der Waals surface area contributed by atoms with Gasteiger partial charge >= 0.3 is 0 Å². The van der Waals surface area contributed by atoms with Crippen molar-refractivity contribution in [2.75, 3.05) is 26.7 Å². The van der Waals surface area contributed by atoms with E-state index in [1.807, 2.05) is 0 Å². The van der Waals surface area contributed by atoms with Crippen molar-refractivity contribution in [1.82, 2.24) is 10.2 Å². The molecule has 106 valence electrons. The molecule has 3 atom stereocenters. The second-order valence-electron chi connectivity index (χ2n) is 6.80. The third-order valence-electron chi connectivity index (χ3n) is 5.46. The van der Waals surface area contributed by atoms with E-state index < -0.39 is 0 Å². The van der Waals surface area contributed by atoms with Crippen LogP contribution in [0.25, 0.3) is 0 Å². The summed E-state index contributed by atoms with van der Waals surface area (Å²) in [5.41, 5.74) is 0. The number of likely N-dealkylation sites (N-methyl/N-ethyl adjacent to an activating group) is 1. The van der Waals surface area contributed by atoms with E-state index in [1.54, 1.807) is 0 Å². The average molecular weight is 252 g/mol. The number of nitrogens with zero attached hydrogens (tertiary/aromatic N) is 1. The molecule has 0 aromatic rings. The van der Waals surface area contributed by atoms with Gasteiger partial charge in [0, 0.05) is 19.1 Å². The van der Waals surface area contributed by atoms with E-state index in [2.05, 4.69) is 31.1 Å². The Labute approximate surface area is 114 Å². The minimum Gasteiger partial charge on any atom is -0.315 e. The van der Waals surface area contributed by atoms with Gasteiger partial charge in [0.2, 0.25) is 0 Å². The van der Waals surface area contributed by atoms with Crippen LogP contribution < -0.4 is 5.32 Å². The van der Waals surface area contributed by atoms with Crippen molar-refractivity contribution in [1.29, 1.82) is 0 Å². The molecule has 1 heterocycles. The standard InChI is InChI=1S/C16H32N2/c1-13-9-10-18(11-14(13)2)12-16(17-3)15-7-5-4-6-8-15/h13-17H,4-12H2,1-3H3. The molecule has 0 bridgehead atoms. The fourth-order valence-electron chi connectivity index (χ4n) is 3.81. The van der Waals surface area contributed by atoms with Crippen molar-refractivity contribution in [2.45, 2.75) is 58.4 Å². The first kappa shape index (κ1) is 14.3. The largest absolute Gasteiger partial charge is 0.315 e. The Morgan fingerprint density at radius 1 is 1.06 bits per heavy atom. The van der Waals surface area contributed by atoms with Crippen molar-refractivity contribution in [2.24, 2.45) is 17.8 Å². The summed E-state index contributed by atoms with van der Waals surface area (Å²) in [4.78, 5) is 2.71. The molecule has 0 aromatic carbocycles. The zero-order valence-corrected chi connectivity index (χ0v) is 12.6. The van der Waals surface area contributed by atoms with Crippen LogP contribution in [0.2, 0.25) is 0 Å². The molecular formula is C16H32N2. The Bertz CT molecular complexity index is 235. The van der Waals surface area contributed by atoms with Gasteiger partial charge in [0.1, 0.15) is 0 Å². The van der Waals surface area contributed by atoms with E-state index >= 15 is 0 Å². The molecule has 1 aliphatic carbocycles. The SMILES string of the molecule is CNC(CN1CCC(C)C(C)C1)C1CCCCC1. The fourth-order valence-corrected chi connectivity index (χ4v) is 3.81. The van der Waals surface area contributed by atoms with Gasteiger partial charge in [-0.05, 0) is 50.6 Å². The Hall–Kier alpha value is -0.0800. The first-order chi connectivity index (χ1) is 8.70. The van der Waals surface area contributed by atoms with Crippen LogP contribution in [0.5, 0.6) is 0 Å². The molecule has 1 saturated carbocycles. The normalized spacial score (nSPS) is 33.5. The lowest BCUT2D eigenvalue weighted by atomic mass is 9.83. The van der Waals surface area contributed by atoms with Crippen molar-refractivity contribution in [3.63, 3.8) is 0 Å². The van der Waals surface area contributed by atoms with Gasteiger partial charge in [0.15, 0.2) is 0 Å². The molecule has 2 rings (SSSR count). The van der Waals surface area contributed by atoms with Gasteiger partial charge in [-0.25, -0.2) is 0 Å². The molecule has 0 radical (unpaired) electrons. The Balaban J connectivity index is 1.82. The van der Waals surface area contributed by atoms with Crippen LogP contribution in [-0.2, 0) is 0 Å². The second kappa shape index (κ2) is 6.91. The number of nitrogens with one attached hydrogen (secondary N) is 1. The van der Waals surface area contributed by atoms with Gasteiger partial charge in [-0.3, -0.25) is 0 Å². The second-order valence-corrected chi connectivity index (χ2v) is 6.80. The first-order valence-electron chi connectivity index (χ1n) is 8.10. The third kappa shape index (κ3) is 3.71. The highest BCUT2D eigenvalue weighted by Gasteiger charge is 2.28. The minimum absolute atomic E-state index is 0.728. The lowest BCUT2D eigenvalue weighted by molar-refractivity contribution is 0.111. The van der Waals surface area contributed by atoms with Crippen LogP contribution >= 0.6 is 0 Å². The van der Waals surface area contributed by atoms with E-state index in [4.69, 9.17) is 0 Å². The van der Waals surface area contributed by atoms with Crippen LogP contribution in [0.3, 0.4) is 0 Å². The minimum atomic E-state index is 0.728. The van der Waals surface area contributed by atoms with Gasteiger partial charge in [-0.15, -0.1) is 0 Å². The number of hydrogen-bond donors (Lipinski definition) is 1.